The van der Waals surface area contributed by atoms with Gasteiger partial charge in [0.05, 0.1) is 24.1 Å². The van der Waals surface area contributed by atoms with Gasteiger partial charge in [0, 0.05) is 18.6 Å². The van der Waals surface area contributed by atoms with Crippen molar-refractivity contribution in [2.45, 2.75) is 19.8 Å². The highest BCUT2D eigenvalue weighted by Gasteiger charge is 2.20. The second-order valence-corrected chi connectivity index (χ2v) is 6.95. The summed E-state index contributed by atoms with van der Waals surface area (Å²) in [6, 6.07) is 13.9. The number of hydrogen-bond donors (Lipinski definition) is 1. The number of aliphatic hydroxyl groups excluding tert-OH is 1. The molecule has 2 aromatic carbocycles. The highest BCUT2D eigenvalue weighted by atomic mass is 19.1. The monoisotopic (exact) mass is 410 g/mol. The number of carbonyl (C=O) groups excluding carboxylic acids is 1. The van der Waals surface area contributed by atoms with Crippen LogP contribution in [0.15, 0.2) is 59.4 Å². The van der Waals surface area contributed by atoms with E-state index in [1.807, 2.05) is 6.92 Å². The lowest BCUT2D eigenvalue weighted by Gasteiger charge is -2.13. The Morgan fingerprint density at radius 2 is 1.93 bits per heavy atom. The van der Waals surface area contributed by atoms with Crippen LogP contribution in [0.3, 0.4) is 0 Å². The van der Waals surface area contributed by atoms with E-state index < -0.39 is 11.4 Å². The highest BCUT2D eigenvalue weighted by Crippen LogP contribution is 2.22. The summed E-state index contributed by atoms with van der Waals surface area (Å²) in [4.78, 5) is 25.9. The molecule has 1 aromatic heterocycles. The molecule has 1 atom stereocenters. The minimum absolute atomic E-state index is 0.0391. The molecule has 0 fully saturated rings. The molecule has 3 rings (SSSR count). The van der Waals surface area contributed by atoms with Crippen molar-refractivity contribution in [3.05, 3.63) is 76.3 Å². The van der Waals surface area contributed by atoms with E-state index >= 15 is 0 Å². The quantitative estimate of drug-likeness (QED) is 0.574. The Bertz CT molecular complexity index is 1090. The van der Waals surface area contributed by atoms with Gasteiger partial charge in [0.2, 0.25) is 0 Å². The molecule has 1 N–H and O–H groups in total. The van der Waals surface area contributed by atoms with Gasteiger partial charge in [-0.15, -0.1) is 0 Å². The minimum Gasteiger partial charge on any atom is -0.497 e. The minimum atomic E-state index is -0.629. The molecule has 0 radical (unpaired) electrons. The Morgan fingerprint density at radius 1 is 1.20 bits per heavy atom. The summed E-state index contributed by atoms with van der Waals surface area (Å²) in [5, 5.41) is 13.8. The van der Waals surface area contributed by atoms with Crippen molar-refractivity contribution in [3.63, 3.8) is 0 Å². The summed E-state index contributed by atoms with van der Waals surface area (Å²) >= 11 is 0. The third-order valence-corrected chi connectivity index (χ3v) is 4.96. The zero-order chi connectivity index (χ0) is 21.7. The van der Waals surface area contributed by atoms with E-state index in [-0.39, 0.29) is 36.0 Å². The van der Waals surface area contributed by atoms with Crippen LogP contribution in [0, 0.1) is 11.7 Å². The maximum atomic E-state index is 13.8. The van der Waals surface area contributed by atoms with Gasteiger partial charge in [-0.25, -0.2) is 4.39 Å². The van der Waals surface area contributed by atoms with E-state index in [2.05, 4.69) is 5.10 Å². The van der Waals surface area contributed by atoms with Gasteiger partial charge in [-0.2, -0.15) is 9.78 Å². The first kappa shape index (κ1) is 21.4. The molecular weight excluding hydrogens is 387 g/mol. The molecule has 156 valence electrons. The Morgan fingerprint density at radius 3 is 2.53 bits per heavy atom. The molecule has 0 aliphatic carbocycles. The van der Waals surface area contributed by atoms with E-state index in [1.54, 1.807) is 37.4 Å². The summed E-state index contributed by atoms with van der Waals surface area (Å²) in [7, 11) is 1.56. The fraction of sp³-hybridized carbons (Fsp3) is 0.261. The van der Waals surface area contributed by atoms with Gasteiger partial charge in [0.15, 0.2) is 5.78 Å². The van der Waals surface area contributed by atoms with Crippen LogP contribution < -0.4 is 10.3 Å². The number of nitrogens with zero attached hydrogens (tertiary/aromatic N) is 2. The van der Waals surface area contributed by atoms with E-state index in [4.69, 9.17) is 4.74 Å². The van der Waals surface area contributed by atoms with E-state index in [9.17, 15) is 19.1 Å². The lowest BCUT2D eigenvalue weighted by atomic mass is 9.97. The number of halogens is 1. The van der Waals surface area contributed by atoms with Crippen LogP contribution in [0.2, 0.25) is 0 Å². The zero-order valence-corrected chi connectivity index (χ0v) is 16.8. The summed E-state index contributed by atoms with van der Waals surface area (Å²) in [5.74, 6) is -0.488. The van der Waals surface area contributed by atoms with Crippen molar-refractivity contribution in [3.8, 4) is 22.7 Å². The number of rotatable bonds is 8. The van der Waals surface area contributed by atoms with Gasteiger partial charge in [-0.05, 0) is 54.4 Å². The molecule has 0 unspecified atom stereocenters. The molecule has 0 spiro atoms. The molecule has 6 nitrogen and oxygen atoms in total. The Labute approximate surface area is 173 Å². The van der Waals surface area contributed by atoms with Crippen LogP contribution in [0.4, 0.5) is 4.39 Å². The first-order valence-corrected chi connectivity index (χ1v) is 9.65. The highest BCUT2D eigenvalue weighted by molar-refractivity contribution is 5.96. The molecular formula is C23H23FN2O4. The number of aliphatic hydroxyl groups is 1. The molecule has 3 aromatic rings. The van der Waals surface area contributed by atoms with Crippen molar-refractivity contribution in [1.29, 1.82) is 0 Å². The lowest BCUT2D eigenvalue weighted by Crippen LogP contribution is -2.29. The number of ether oxygens (including phenoxy) is 1. The number of benzene rings is 2. The largest absolute Gasteiger partial charge is 0.497 e. The predicted molar refractivity (Wildman–Crippen MR) is 112 cm³/mol. The number of Topliss-reactive ketones (excluding diaryl/α,β-unsaturated/α-hetero) is 1. The summed E-state index contributed by atoms with van der Waals surface area (Å²) in [6.07, 6.45) is 0.647. The average Bonchev–Trinajstić information content (AvgIpc) is 2.77. The number of hydrogen-bond acceptors (Lipinski definition) is 5. The summed E-state index contributed by atoms with van der Waals surface area (Å²) < 4.78 is 20.0. The maximum Gasteiger partial charge on any atom is 0.282 e. The first-order chi connectivity index (χ1) is 14.5. The van der Waals surface area contributed by atoms with Crippen LogP contribution in [0.25, 0.3) is 16.9 Å². The van der Waals surface area contributed by atoms with Gasteiger partial charge >= 0.3 is 0 Å². The zero-order valence-electron chi connectivity index (χ0n) is 16.8. The normalized spacial score (nSPS) is 11.9. The van der Waals surface area contributed by atoms with Crippen molar-refractivity contribution >= 4 is 5.78 Å². The first-order valence-electron chi connectivity index (χ1n) is 9.65. The van der Waals surface area contributed by atoms with Crippen LogP contribution >= 0.6 is 0 Å². The SMILES string of the molecule is CC[C@@H](CO)CC(=O)c1cc(-c2ccc(OC)cc2)nn(-c2cccc(F)c2)c1=O. The standard InChI is InChI=1S/C23H23FN2O4/c1-3-15(14-27)11-22(28)20-13-21(16-7-9-19(30-2)10-8-16)25-26(23(20)29)18-6-4-5-17(24)12-18/h4-10,12-13,15,27H,3,11,14H2,1-2H3/t15-/m1/s1. The van der Waals surface area contributed by atoms with Gasteiger partial charge in [-0.1, -0.05) is 19.4 Å². The third kappa shape index (κ3) is 4.63. The van der Waals surface area contributed by atoms with Gasteiger partial charge in [-0.3, -0.25) is 9.59 Å². The molecule has 0 saturated heterocycles. The molecule has 0 saturated carbocycles. The molecule has 1 heterocycles. The van der Waals surface area contributed by atoms with Crippen molar-refractivity contribution in [1.82, 2.24) is 9.78 Å². The second-order valence-electron chi connectivity index (χ2n) is 6.95. The van der Waals surface area contributed by atoms with Crippen molar-refractivity contribution in [2.75, 3.05) is 13.7 Å². The van der Waals surface area contributed by atoms with Gasteiger partial charge in [0.25, 0.3) is 5.56 Å². The fourth-order valence-corrected chi connectivity index (χ4v) is 3.09. The van der Waals surface area contributed by atoms with Crippen LogP contribution in [-0.2, 0) is 0 Å². The van der Waals surface area contributed by atoms with Gasteiger partial charge in [0.1, 0.15) is 11.6 Å². The second kappa shape index (κ2) is 9.45. The molecule has 0 aliphatic heterocycles. The number of aromatic nitrogens is 2. The summed E-state index contributed by atoms with van der Waals surface area (Å²) in [6.45, 7) is 1.73. The van der Waals surface area contributed by atoms with Crippen molar-refractivity contribution in [2.24, 2.45) is 5.92 Å². The summed E-state index contributed by atoms with van der Waals surface area (Å²) in [5.41, 5.74) is 0.604. The number of methoxy groups -OCH3 is 1. The van der Waals surface area contributed by atoms with Crippen molar-refractivity contribution < 1.29 is 19.0 Å². The number of ketones is 1. The van der Waals surface area contributed by atoms with E-state index in [0.717, 1.165) is 4.68 Å². The smallest absolute Gasteiger partial charge is 0.282 e. The fourth-order valence-electron chi connectivity index (χ4n) is 3.09. The van der Waals surface area contributed by atoms with Crippen LogP contribution in [0.1, 0.15) is 30.1 Å². The van der Waals surface area contributed by atoms with Crippen LogP contribution in [-0.4, -0.2) is 34.4 Å². The third-order valence-electron chi connectivity index (χ3n) is 4.96. The topological polar surface area (TPSA) is 81.4 Å². The maximum absolute atomic E-state index is 13.8. The molecule has 0 amide bonds. The van der Waals surface area contributed by atoms with Gasteiger partial charge < -0.3 is 9.84 Å². The van der Waals surface area contributed by atoms with E-state index in [1.165, 1.54) is 24.3 Å². The average molecular weight is 410 g/mol. The molecule has 7 heteroatoms. The van der Waals surface area contributed by atoms with Crippen LogP contribution in [0.5, 0.6) is 5.75 Å². The molecule has 0 bridgehead atoms. The Balaban J connectivity index is 2.16. The molecule has 0 aliphatic rings. The van der Waals surface area contributed by atoms with E-state index in [0.29, 0.717) is 23.4 Å². The predicted octanol–water partition coefficient (Wildman–Crippen LogP) is 3.64. The lowest BCUT2D eigenvalue weighted by molar-refractivity contribution is 0.0931. The Hall–Kier alpha value is -3.32. The number of carbonyl (C=O) groups is 1. The Kier molecular flexibility index (Phi) is 6.74. The molecule has 30 heavy (non-hydrogen) atoms.